The molecule has 2 aromatic rings. The van der Waals surface area contributed by atoms with E-state index in [-0.39, 0.29) is 11.9 Å². The normalized spacial score (nSPS) is 11.8. The van der Waals surface area contributed by atoms with Crippen molar-refractivity contribution in [3.8, 4) is 11.5 Å². The average Bonchev–Trinajstić information content (AvgIpc) is 2.47. The van der Waals surface area contributed by atoms with Gasteiger partial charge in [-0.25, -0.2) is 4.39 Å². The summed E-state index contributed by atoms with van der Waals surface area (Å²) in [7, 11) is 3.20. The van der Waals surface area contributed by atoms with Gasteiger partial charge < -0.3 is 14.8 Å². The van der Waals surface area contributed by atoms with Crippen molar-refractivity contribution in [2.75, 3.05) is 19.5 Å². The molecule has 0 aliphatic rings. The standard InChI is InChI=1S/C15H17FN2O2/c1-10(15-5-4-11(16)9-17-15)18-12-6-13(19-2)8-14(7-12)20-3/h4-10,18H,1-3H3. The Kier molecular flexibility index (Phi) is 4.40. The first-order chi connectivity index (χ1) is 9.62. The molecule has 2 rings (SSSR count). The van der Waals surface area contributed by atoms with Crippen LogP contribution in [0.3, 0.4) is 0 Å². The molecule has 0 aliphatic heterocycles. The van der Waals surface area contributed by atoms with E-state index < -0.39 is 0 Å². The van der Waals surface area contributed by atoms with E-state index in [4.69, 9.17) is 9.47 Å². The fourth-order valence-corrected chi connectivity index (χ4v) is 1.86. The Morgan fingerprint density at radius 2 is 1.75 bits per heavy atom. The minimum absolute atomic E-state index is 0.0626. The first kappa shape index (κ1) is 14.1. The van der Waals surface area contributed by atoms with Crippen LogP contribution in [-0.2, 0) is 0 Å². The van der Waals surface area contributed by atoms with Crippen LogP contribution in [0.2, 0.25) is 0 Å². The van der Waals surface area contributed by atoms with Gasteiger partial charge in [-0.05, 0) is 19.1 Å². The number of rotatable bonds is 5. The van der Waals surface area contributed by atoms with E-state index in [1.807, 2.05) is 19.1 Å². The van der Waals surface area contributed by atoms with Gasteiger partial charge in [-0.3, -0.25) is 4.98 Å². The van der Waals surface area contributed by atoms with E-state index in [2.05, 4.69) is 10.3 Å². The van der Waals surface area contributed by atoms with Crippen molar-refractivity contribution in [2.24, 2.45) is 0 Å². The minimum Gasteiger partial charge on any atom is -0.497 e. The van der Waals surface area contributed by atoms with Crippen LogP contribution in [0.4, 0.5) is 10.1 Å². The number of pyridine rings is 1. The fourth-order valence-electron chi connectivity index (χ4n) is 1.86. The smallest absolute Gasteiger partial charge is 0.141 e. The maximum absolute atomic E-state index is 12.9. The molecule has 0 fully saturated rings. The Bertz CT molecular complexity index is 550. The van der Waals surface area contributed by atoms with Gasteiger partial charge >= 0.3 is 0 Å². The highest BCUT2D eigenvalue weighted by molar-refractivity contribution is 5.54. The summed E-state index contributed by atoms with van der Waals surface area (Å²) in [6.45, 7) is 1.95. The van der Waals surface area contributed by atoms with Crippen LogP contribution >= 0.6 is 0 Å². The Morgan fingerprint density at radius 1 is 1.10 bits per heavy atom. The molecule has 20 heavy (non-hydrogen) atoms. The highest BCUT2D eigenvalue weighted by Crippen LogP contribution is 2.28. The van der Waals surface area contributed by atoms with Crippen molar-refractivity contribution in [2.45, 2.75) is 13.0 Å². The molecule has 0 amide bonds. The van der Waals surface area contributed by atoms with Gasteiger partial charge in [0.1, 0.15) is 17.3 Å². The first-order valence-corrected chi connectivity index (χ1v) is 6.23. The average molecular weight is 276 g/mol. The number of benzene rings is 1. The molecule has 0 bridgehead atoms. The molecule has 1 aromatic carbocycles. The van der Waals surface area contributed by atoms with Gasteiger partial charge in [0.2, 0.25) is 0 Å². The van der Waals surface area contributed by atoms with Crippen LogP contribution in [0.15, 0.2) is 36.5 Å². The molecule has 1 atom stereocenters. The maximum atomic E-state index is 12.9. The van der Waals surface area contributed by atoms with Crippen LogP contribution < -0.4 is 14.8 Å². The third-order valence-electron chi connectivity index (χ3n) is 2.93. The number of halogens is 1. The number of aromatic nitrogens is 1. The van der Waals surface area contributed by atoms with E-state index in [1.54, 1.807) is 26.4 Å². The molecule has 5 heteroatoms. The quantitative estimate of drug-likeness (QED) is 0.908. The van der Waals surface area contributed by atoms with Crippen LogP contribution in [0.5, 0.6) is 11.5 Å². The first-order valence-electron chi connectivity index (χ1n) is 6.23. The summed E-state index contributed by atoms with van der Waals surface area (Å²) in [6, 6.07) is 8.51. The number of nitrogens with zero attached hydrogens (tertiary/aromatic N) is 1. The van der Waals surface area contributed by atoms with Crippen LogP contribution in [0.1, 0.15) is 18.7 Å². The highest BCUT2D eigenvalue weighted by Gasteiger charge is 2.09. The molecule has 0 saturated heterocycles. The van der Waals surface area contributed by atoms with Crippen LogP contribution in [0, 0.1) is 5.82 Å². The van der Waals surface area contributed by atoms with Crippen molar-refractivity contribution in [1.82, 2.24) is 4.98 Å². The topological polar surface area (TPSA) is 43.4 Å². The van der Waals surface area contributed by atoms with Gasteiger partial charge in [-0.15, -0.1) is 0 Å². The maximum Gasteiger partial charge on any atom is 0.141 e. The number of hydrogen-bond acceptors (Lipinski definition) is 4. The molecule has 0 spiro atoms. The van der Waals surface area contributed by atoms with Gasteiger partial charge in [0.25, 0.3) is 0 Å². The van der Waals surface area contributed by atoms with Crippen molar-refractivity contribution in [3.63, 3.8) is 0 Å². The summed E-state index contributed by atoms with van der Waals surface area (Å²) in [4.78, 5) is 4.06. The Hall–Kier alpha value is -2.30. The predicted molar refractivity (Wildman–Crippen MR) is 75.8 cm³/mol. The zero-order chi connectivity index (χ0) is 14.5. The Balaban J connectivity index is 2.18. The highest BCUT2D eigenvalue weighted by atomic mass is 19.1. The number of anilines is 1. The summed E-state index contributed by atoms with van der Waals surface area (Å²) < 4.78 is 23.3. The van der Waals surface area contributed by atoms with Gasteiger partial charge in [0.15, 0.2) is 0 Å². The van der Waals surface area contributed by atoms with Crippen molar-refractivity contribution in [3.05, 3.63) is 48.0 Å². The van der Waals surface area contributed by atoms with Crippen molar-refractivity contribution in [1.29, 1.82) is 0 Å². The van der Waals surface area contributed by atoms with E-state index in [9.17, 15) is 4.39 Å². The summed E-state index contributed by atoms with van der Waals surface area (Å²) in [5.41, 5.74) is 1.60. The third-order valence-corrected chi connectivity index (χ3v) is 2.93. The molecule has 0 saturated carbocycles. The second-order valence-corrected chi connectivity index (χ2v) is 4.37. The Labute approximate surface area is 117 Å². The molecule has 1 heterocycles. The molecule has 4 nitrogen and oxygen atoms in total. The number of nitrogens with one attached hydrogen (secondary N) is 1. The lowest BCUT2D eigenvalue weighted by Crippen LogP contribution is -2.08. The molecule has 0 aliphatic carbocycles. The monoisotopic (exact) mass is 276 g/mol. The molecule has 0 radical (unpaired) electrons. The summed E-state index contributed by atoms with van der Waals surface area (Å²) in [6.07, 6.45) is 1.21. The predicted octanol–water partition coefficient (Wildman–Crippen LogP) is 3.41. The van der Waals surface area contributed by atoms with E-state index in [0.29, 0.717) is 11.5 Å². The van der Waals surface area contributed by atoms with Gasteiger partial charge in [0.05, 0.1) is 32.2 Å². The summed E-state index contributed by atoms with van der Waals surface area (Å²) in [5, 5.41) is 3.28. The van der Waals surface area contributed by atoms with Crippen LogP contribution in [0.25, 0.3) is 0 Å². The second-order valence-electron chi connectivity index (χ2n) is 4.37. The molecular formula is C15H17FN2O2. The lowest BCUT2D eigenvalue weighted by Gasteiger charge is -2.16. The lowest BCUT2D eigenvalue weighted by atomic mass is 10.2. The Morgan fingerprint density at radius 3 is 2.25 bits per heavy atom. The zero-order valence-electron chi connectivity index (χ0n) is 11.7. The van der Waals surface area contributed by atoms with E-state index >= 15 is 0 Å². The van der Waals surface area contributed by atoms with E-state index in [0.717, 1.165) is 11.4 Å². The SMILES string of the molecule is COc1cc(NC(C)c2ccc(F)cn2)cc(OC)c1. The number of methoxy groups -OCH3 is 2. The largest absolute Gasteiger partial charge is 0.497 e. The van der Waals surface area contributed by atoms with Crippen molar-refractivity contribution >= 4 is 5.69 Å². The molecular weight excluding hydrogens is 259 g/mol. The third kappa shape index (κ3) is 3.38. The van der Waals surface area contributed by atoms with Crippen molar-refractivity contribution < 1.29 is 13.9 Å². The second kappa shape index (κ2) is 6.23. The lowest BCUT2D eigenvalue weighted by molar-refractivity contribution is 0.394. The fraction of sp³-hybridized carbons (Fsp3) is 0.267. The zero-order valence-corrected chi connectivity index (χ0v) is 11.7. The molecule has 1 N–H and O–H groups in total. The molecule has 1 unspecified atom stereocenters. The van der Waals surface area contributed by atoms with Gasteiger partial charge in [0, 0.05) is 23.9 Å². The number of hydrogen-bond donors (Lipinski definition) is 1. The minimum atomic E-state index is -0.344. The van der Waals surface area contributed by atoms with Gasteiger partial charge in [-0.2, -0.15) is 0 Å². The molecule has 106 valence electrons. The number of ether oxygens (including phenoxy) is 2. The van der Waals surface area contributed by atoms with E-state index in [1.165, 1.54) is 12.3 Å². The van der Waals surface area contributed by atoms with Crippen LogP contribution in [-0.4, -0.2) is 19.2 Å². The van der Waals surface area contributed by atoms with Gasteiger partial charge in [-0.1, -0.05) is 0 Å². The summed E-state index contributed by atoms with van der Waals surface area (Å²) in [5.74, 6) is 1.06. The molecule has 1 aromatic heterocycles. The summed E-state index contributed by atoms with van der Waals surface area (Å²) >= 11 is 0.